The van der Waals surface area contributed by atoms with Crippen molar-refractivity contribution in [3.63, 3.8) is 0 Å². The molecule has 0 saturated heterocycles. The van der Waals surface area contributed by atoms with Crippen LogP contribution in [0.1, 0.15) is 25.0 Å². The van der Waals surface area contributed by atoms with E-state index in [1.807, 2.05) is 6.92 Å². The van der Waals surface area contributed by atoms with Gasteiger partial charge in [0.1, 0.15) is 0 Å². The minimum atomic E-state index is -0.712. The molecule has 0 fully saturated rings. The average molecular weight is 278 g/mol. The zero-order valence-corrected chi connectivity index (χ0v) is 11.2. The van der Waals surface area contributed by atoms with Crippen molar-refractivity contribution >= 4 is 23.2 Å². The van der Waals surface area contributed by atoms with Gasteiger partial charge in [-0.05, 0) is 18.6 Å². The molecule has 0 bridgehead atoms. The van der Waals surface area contributed by atoms with E-state index in [4.69, 9.17) is 28.3 Å². The van der Waals surface area contributed by atoms with Crippen LogP contribution in [0.5, 0.6) is 0 Å². The molecule has 0 saturated carbocycles. The summed E-state index contributed by atoms with van der Waals surface area (Å²) < 4.78 is 0. The maximum atomic E-state index is 10.2. The second-order valence-electron chi connectivity index (χ2n) is 3.80. The van der Waals surface area contributed by atoms with E-state index < -0.39 is 6.10 Å². The summed E-state index contributed by atoms with van der Waals surface area (Å²) in [6.07, 6.45) is 0.0245. The Bertz CT molecular complexity index is 360. The van der Waals surface area contributed by atoms with Gasteiger partial charge in [-0.2, -0.15) is 0 Å². The maximum absolute atomic E-state index is 10.2. The molecule has 0 aromatic heterocycles. The van der Waals surface area contributed by atoms with E-state index in [9.17, 15) is 5.11 Å². The summed E-state index contributed by atoms with van der Waals surface area (Å²) in [6, 6.07) is 4.89. The first-order valence-electron chi connectivity index (χ1n) is 5.57. The van der Waals surface area contributed by atoms with Crippen LogP contribution in [-0.2, 0) is 0 Å². The van der Waals surface area contributed by atoms with Crippen LogP contribution in [-0.4, -0.2) is 29.4 Å². The van der Waals surface area contributed by atoms with E-state index in [2.05, 4.69) is 5.32 Å². The first kappa shape index (κ1) is 14.7. The van der Waals surface area contributed by atoms with Crippen LogP contribution < -0.4 is 5.32 Å². The average Bonchev–Trinajstić information content (AvgIpc) is 2.29. The number of benzene rings is 1. The Hall–Kier alpha value is -0.320. The molecular formula is C12H17Cl2NO2. The van der Waals surface area contributed by atoms with Crippen molar-refractivity contribution in [2.24, 2.45) is 0 Å². The zero-order valence-electron chi connectivity index (χ0n) is 9.66. The van der Waals surface area contributed by atoms with E-state index in [1.54, 1.807) is 18.2 Å². The molecule has 0 heterocycles. The van der Waals surface area contributed by atoms with Gasteiger partial charge in [-0.15, -0.1) is 0 Å². The second kappa shape index (κ2) is 7.19. The van der Waals surface area contributed by atoms with Gasteiger partial charge in [-0.25, -0.2) is 0 Å². The molecule has 0 amide bonds. The molecule has 0 aliphatic carbocycles. The zero-order chi connectivity index (χ0) is 12.8. The third kappa shape index (κ3) is 4.12. The van der Waals surface area contributed by atoms with Crippen molar-refractivity contribution in [1.29, 1.82) is 0 Å². The van der Waals surface area contributed by atoms with Gasteiger partial charge >= 0.3 is 0 Å². The topological polar surface area (TPSA) is 52.5 Å². The molecule has 1 rings (SSSR count). The fraction of sp³-hybridized carbons (Fsp3) is 0.500. The van der Waals surface area contributed by atoms with Crippen molar-refractivity contribution < 1.29 is 10.2 Å². The van der Waals surface area contributed by atoms with Crippen LogP contribution in [0.2, 0.25) is 10.0 Å². The minimum absolute atomic E-state index is 0.0393. The molecule has 2 atom stereocenters. The predicted octanol–water partition coefficient (Wildman–Crippen LogP) is 2.39. The second-order valence-corrected chi connectivity index (χ2v) is 4.65. The Morgan fingerprint density at radius 2 is 2.06 bits per heavy atom. The first-order chi connectivity index (χ1) is 8.10. The Labute approximate surface area is 111 Å². The van der Waals surface area contributed by atoms with Gasteiger partial charge in [0.2, 0.25) is 0 Å². The van der Waals surface area contributed by atoms with Crippen LogP contribution in [0.15, 0.2) is 18.2 Å². The molecule has 3 nitrogen and oxygen atoms in total. The molecule has 0 radical (unpaired) electrons. The molecule has 3 N–H and O–H groups in total. The van der Waals surface area contributed by atoms with Crippen molar-refractivity contribution in [3.8, 4) is 0 Å². The molecule has 2 unspecified atom stereocenters. The Balaban J connectivity index is 2.81. The van der Waals surface area contributed by atoms with Gasteiger partial charge in [-0.1, -0.05) is 36.2 Å². The summed E-state index contributed by atoms with van der Waals surface area (Å²) in [4.78, 5) is 0. The quantitative estimate of drug-likeness (QED) is 0.749. The van der Waals surface area contributed by atoms with Gasteiger partial charge < -0.3 is 15.5 Å². The van der Waals surface area contributed by atoms with Gasteiger partial charge in [0, 0.05) is 28.2 Å². The van der Waals surface area contributed by atoms with Crippen molar-refractivity contribution in [1.82, 2.24) is 5.32 Å². The summed E-state index contributed by atoms with van der Waals surface area (Å²) >= 11 is 11.8. The number of hydrogen-bond donors (Lipinski definition) is 3. The number of nitrogens with one attached hydrogen (secondary N) is 1. The third-order valence-corrected chi connectivity index (χ3v) is 3.18. The number of aliphatic hydroxyl groups excluding tert-OH is 2. The summed E-state index contributed by atoms with van der Waals surface area (Å²) in [5.41, 5.74) is 0.647. The van der Waals surface area contributed by atoms with E-state index in [0.717, 1.165) is 6.42 Å². The number of rotatable bonds is 6. The Kier molecular flexibility index (Phi) is 6.23. The fourth-order valence-electron chi connectivity index (χ4n) is 1.69. The molecular weight excluding hydrogens is 261 g/mol. The maximum Gasteiger partial charge on any atom is 0.0957 e. The number of halogens is 2. The Morgan fingerprint density at radius 3 is 2.59 bits per heavy atom. The first-order valence-corrected chi connectivity index (χ1v) is 6.33. The van der Waals surface area contributed by atoms with Crippen LogP contribution >= 0.6 is 23.2 Å². The summed E-state index contributed by atoms with van der Waals surface area (Å²) in [5, 5.41) is 23.0. The summed E-state index contributed by atoms with van der Waals surface area (Å²) in [6.45, 7) is 2.44. The van der Waals surface area contributed by atoms with E-state index in [1.165, 1.54) is 0 Å². The van der Waals surface area contributed by atoms with Crippen LogP contribution in [0, 0.1) is 0 Å². The van der Waals surface area contributed by atoms with Crippen molar-refractivity contribution in [3.05, 3.63) is 33.8 Å². The van der Waals surface area contributed by atoms with Crippen LogP contribution in [0.4, 0.5) is 0 Å². The highest BCUT2D eigenvalue weighted by atomic mass is 35.5. The van der Waals surface area contributed by atoms with E-state index in [0.29, 0.717) is 22.2 Å². The van der Waals surface area contributed by atoms with Gasteiger partial charge in [0.05, 0.1) is 12.7 Å². The summed E-state index contributed by atoms with van der Waals surface area (Å²) in [5.74, 6) is 0. The lowest BCUT2D eigenvalue weighted by molar-refractivity contribution is 0.122. The standard InChI is InChI=1S/C12H17Cl2NO2/c1-2-11(15-5-6-16)12(17)9-4-3-8(13)7-10(9)14/h3-4,7,11-12,15-17H,2,5-6H2,1H3. The van der Waals surface area contributed by atoms with E-state index in [-0.39, 0.29) is 12.6 Å². The SMILES string of the molecule is CCC(NCCO)C(O)c1ccc(Cl)cc1Cl. The monoisotopic (exact) mass is 277 g/mol. The highest BCUT2D eigenvalue weighted by molar-refractivity contribution is 6.35. The van der Waals surface area contributed by atoms with Crippen molar-refractivity contribution in [2.45, 2.75) is 25.5 Å². The van der Waals surface area contributed by atoms with Crippen molar-refractivity contribution in [2.75, 3.05) is 13.2 Å². The Morgan fingerprint density at radius 1 is 1.35 bits per heavy atom. The molecule has 1 aromatic rings. The fourth-order valence-corrected chi connectivity index (χ4v) is 2.21. The molecule has 96 valence electrons. The molecule has 1 aromatic carbocycles. The van der Waals surface area contributed by atoms with Gasteiger partial charge in [0.15, 0.2) is 0 Å². The molecule has 0 aliphatic rings. The normalized spacial score (nSPS) is 14.6. The number of hydrogen-bond acceptors (Lipinski definition) is 3. The molecule has 17 heavy (non-hydrogen) atoms. The molecule has 5 heteroatoms. The molecule has 0 spiro atoms. The predicted molar refractivity (Wildman–Crippen MR) is 70.6 cm³/mol. The minimum Gasteiger partial charge on any atom is -0.395 e. The summed E-state index contributed by atoms with van der Waals surface area (Å²) in [7, 11) is 0. The molecule has 0 aliphatic heterocycles. The lowest BCUT2D eigenvalue weighted by atomic mass is 10.0. The smallest absolute Gasteiger partial charge is 0.0957 e. The lowest BCUT2D eigenvalue weighted by Gasteiger charge is -2.23. The van der Waals surface area contributed by atoms with E-state index >= 15 is 0 Å². The number of aliphatic hydroxyl groups is 2. The highest BCUT2D eigenvalue weighted by Crippen LogP contribution is 2.28. The van der Waals surface area contributed by atoms with Gasteiger partial charge in [0.25, 0.3) is 0 Å². The third-order valence-electron chi connectivity index (χ3n) is 2.62. The largest absolute Gasteiger partial charge is 0.395 e. The van der Waals surface area contributed by atoms with Gasteiger partial charge in [-0.3, -0.25) is 0 Å². The lowest BCUT2D eigenvalue weighted by Crippen LogP contribution is -2.36. The van der Waals surface area contributed by atoms with Crippen LogP contribution in [0.3, 0.4) is 0 Å². The van der Waals surface area contributed by atoms with Crippen LogP contribution in [0.25, 0.3) is 0 Å². The highest BCUT2D eigenvalue weighted by Gasteiger charge is 2.20.